The zero-order valence-corrected chi connectivity index (χ0v) is 5.50. The third-order valence-corrected chi connectivity index (χ3v) is 2.55. The molecule has 0 bridgehead atoms. The van der Waals surface area contributed by atoms with Gasteiger partial charge in [0.05, 0.1) is 5.92 Å². The van der Waals surface area contributed by atoms with Crippen molar-refractivity contribution in [3.63, 3.8) is 0 Å². The highest BCUT2D eigenvalue weighted by atomic mass is 32.2. The van der Waals surface area contributed by atoms with Crippen LogP contribution >= 0.6 is 11.8 Å². The average molecular weight is 156 g/mol. The summed E-state index contributed by atoms with van der Waals surface area (Å²) >= 11 is 1.26. The minimum absolute atomic E-state index is 0.245. The Bertz CT molecular complexity index is 96.2. The number of thioether (sulfide) groups is 1. The lowest BCUT2D eigenvalue weighted by atomic mass is 10.1. The molecule has 4 heteroatoms. The van der Waals surface area contributed by atoms with Crippen molar-refractivity contribution in [3.8, 4) is 0 Å². The Kier molecular flexibility index (Phi) is 2.27. The molecule has 0 aromatic heterocycles. The summed E-state index contributed by atoms with van der Waals surface area (Å²) in [6, 6.07) is 0. The zero-order chi connectivity index (χ0) is 6.85. The first-order chi connectivity index (χ1) is 4.22. The minimum atomic E-state index is -2.48. The molecule has 0 radical (unpaired) electrons. The fourth-order valence-corrected chi connectivity index (χ4v) is 2.01. The van der Waals surface area contributed by atoms with E-state index in [9.17, 15) is 13.2 Å². The van der Waals surface area contributed by atoms with Gasteiger partial charge >= 0.3 is 0 Å². The van der Waals surface area contributed by atoms with Crippen LogP contribution in [0.15, 0.2) is 0 Å². The van der Waals surface area contributed by atoms with E-state index in [1.54, 1.807) is 0 Å². The summed E-state index contributed by atoms with van der Waals surface area (Å²) in [6.45, 7) is 0. The van der Waals surface area contributed by atoms with Gasteiger partial charge in [-0.3, -0.25) is 0 Å². The van der Waals surface area contributed by atoms with Crippen LogP contribution in [0.3, 0.4) is 0 Å². The van der Waals surface area contributed by atoms with Crippen molar-refractivity contribution in [2.24, 2.45) is 5.92 Å². The molecule has 2 unspecified atom stereocenters. The van der Waals surface area contributed by atoms with E-state index in [1.165, 1.54) is 11.8 Å². The van der Waals surface area contributed by atoms with Crippen LogP contribution in [0.2, 0.25) is 0 Å². The van der Waals surface area contributed by atoms with Gasteiger partial charge in [0.2, 0.25) is 6.43 Å². The molecule has 0 N–H and O–H groups in total. The largest absolute Gasteiger partial charge is 0.246 e. The Morgan fingerprint density at radius 3 is 2.22 bits per heavy atom. The van der Waals surface area contributed by atoms with E-state index in [1.807, 2.05) is 0 Å². The zero-order valence-electron chi connectivity index (χ0n) is 4.69. The van der Waals surface area contributed by atoms with Crippen LogP contribution in [0, 0.1) is 5.92 Å². The molecule has 1 saturated heterocycles. The van der Waals surface area contributed by atoms with Crippen molar-refractivity contribution in [2.45, 2.75) is 12.6 Å². The van der Waals surface area contributed by atoms with E-state index in [-0.39, 0.29) is 11.5 Å². The van der Waals surface area contributed by atoms with Crippen LogP contribution in [0.1, 0.15) is 0 Å². The Morgan fingerprint density at radius 1 is 1.33 bits per heavy atom. The molecule has 1 fully saturated rings. The molecule has 1 aliphatic rings. The predicted octanol–water partition coefficient (Wildman–Crippen LogP) is 1.95. The van der Waals surface area contributed by atoms with Gasteiger partial charge in [0.25, 0.3) is 0 Å². The SMILES string of the molecule is FC(F)C1CSCC1F. The van der Waals surface area contributed by atoms with Crippen molar-refractivity contribution < 1.29 is 13.2 Å². The van der Waals surface area contributed by atoms with E-state index in [4.69, 9.17) is 0 Å². The highest BCUT2D eigenvalue weighted by Crippen LogP contribution is 2.30. The smallest absolute Gasteiger partial charge is 0.245 e. The van der Waals surface area contributed by atoms with Crippen LogP contribution in [0.4, 0.5) is 13.2 Å². The highest BCUT2D eigenvalue weighted by molar-refractivity contribution is 7.99. The third-order valence-electron chi connectivity index (χ3n) is 1.38. The third kappa shape index (κ3) is 1.53. The molecule has 1 heterocycles. The molecule has 54 valence electrons. The summed E-state index contributed by atoms with van der Waals surface area (Å²) in [5, 5.41) is 0. The lowest BCUT2D eigenvalue weighted by molar-refractivity contribution is 0.0536. The number of hydrogen-bond donors (Lipinski definition) is 0. The lowest BCUT2D eigenvalue weighted by Crippen LogP contribution is -2.20. The summed E-state index contributed by atoms with van der Waals surface area (Å²) in [7, 11) is 0. The van der Waals surface area contributed by atoms with Crippen molar-refractivity contribution in [3.05, 3.63) is 0 Å². The highest BCUT2D eigenvalue weighted by Gasteiger charge is 2.34. The summed E-state index contributed by atoms with van der Waals surface area (Å²) in [6.07, 6.45) is -3.76. The summed E-state index contributed by atoms with van der Waals surface area (Å²) < 4.78 is 35.8. The standard InChI is InChI=1S/C5H7F3S/c6-4-2-9-1-3(4)5(7)8/h3-5H,1-2H2. The summed E-state index contributed by atoms with van der Waals surface area (Å²) in [5.74, 6) is -0.483. The summed E-state index contributed by atoms with van der Waals surface area (Å²) in [4.78, 5) is 0. The Hall–Kier alpha value is 0.140. The first-order valence-electron chi connectivity index (χ1n) is 2.72. The molecule has 0 aromatic carbocycles. The average Bonchev–Trinajstić information content (AvgIpc) is 2.13. The molecule has 0 spiro atoms. The van der Waals surface area contributed by atoms with E-state index in [0.29, 0.717) is 0 Å². The van der Waals surface area contributed by atoms with Crippen LogP contribution in [0.5, 0.6) is 0 Å². The molecule has 2 atom stereocenters. The van der Waals surface area contributed by atoms with E-state index < -0.39 is 18.5 Å². The van der Waals surface area contributed by atoms with Gasteiger partial charge in [0.15, 0.2) is 0 Å². The minimum Gasteiger partial charge on any atom is -0.246 e. The molecule has 0 saturated carbocycles. The Morgan fingerprint density at radius 2 is 2.00 bits per heavy atom. The van der Waals surface area contributed by atoms with Crippen molar-refractivity contribution >= 4 is 11.8 Å². The molecule has 9 heavy (non-hydrogen) atoms. The van der Waals surface area contributed by atoms with Crippen LogP contribution in [-0.2, 0) is 0 Å². The molecular weight excluding hydrogens is 149 g/mol. The van der Waals surface area contributed by atoms with Crippen LogP contribution < -0.4 is 0 Å². The maximum Gasteiger partial charge on any atom is 0.245 e. The fraction of sp³-hybridized carbons (Fsp3) is 1.00. The van der Waals surface area contributed by atoms with Gasteiger partial charge in [-0.2, -0.15) is 11.8 Å². The lowest BCUT2D eigenvalue weighted by Gasteiger charge is -2.08. The summed E-state index contributed by atoms with van der Waals surface area (Å²) in [5.41, 5.74) is 0. The maximum absolute atomic E-state index is 12.3. The predicted molar refractivity (Wildman–Crippen MR) is 31.7 cm³/mol. The quantitative estimate of drug-likeness (QED) is 0.559. The van der Waals surface area contributed by atoms with Gasteiger partial charge < -0.3 is 0 Å². The molecule has 0 nitrogen and oxygen atoms in total. The first kappa shape index (κ1) is 7.25. The van der Waals surface area contributed by atoms with E-state index >= 15 is 0 Å². The van der Waals surface area contributed by atoms with Crippen LogP contribution in [-0.4, -0.2) is 24.1 Å². The number of alkyl halides is 3. The second-order valence-corrected chi connectivity index (χ2v) is 3.13. The van der Waals surface area contributed by atoms with Gasteiger partial charge in [-0.15, -0.1) is 0 Å². The second-order valence-electron chi connectivity index (χ2n) is 2.05. The Labute approximate surface area is 55.8 Å². The van der Waals surface area contributed by atoms with Gasteiger partial charge in [-0.1, -0.05) is 0 Å². The van der Waals surface area contributed by atoms with Gasteiger partial charge in [0.1, 0.15) is 6.17 Å². The number of hydrogen-bond acceptors (Lipinski definition) is 1. The normalized spacial score (nSPS) is 36.0. The van der Waals surface area contributed by atoms with Gasteiger partial charge in [0, 0.05) is 11.5 Å². The van der Waals surface area contributed by atoms with Gasteiger partial charge in [-0.05, 0) is 0 Å². The van der Waals surface area contributed by atoms with Gasteiger partial charge in [-0.25, -0.2) is 13.2 Å². The fourth-order valence-electron chi connectivity index (χ4n) is 0.775. The number of rotatable bonds is 1. The second kappa shape index (κ2) is 2.82. The van der Waals surface area contributed by atoms with Crippen molar-refractivity contribution in [2.75, 3.05) is 11.5 Å². The number of halogens is 3. The van der Waals surface area contributed by atoms with Crippen LogP contribution in [0.25, 0.3) is 0 Å². The topological polar surface area (TPSA) is 0 Å². The van der Waals surface area contributed by atoms with E-state index in [2.05, 4.69) is 0 Å². The molecule has 1 aliphatic heterocycles. The van der Waals surface area contributed by atoms with Crippen molar-refractivity contribution in [1.82, 2.24) is 0 Å². The molecular formula is C5H7F3S. The maximum atomic E-state index is 12.3. The molecule has 0 aromatic rings. The molecule has 0 aliphatic carbocycles. The molecule has 1 rings (SSSR count). The first-order valence-corrected chi connectivity index (χ1v) is 3.87. The monoisotopic (exact) mass is 156 g/mol. The van der Waals surface area contributed by atoms with Crippen molar-refractivity contribution in [1.29, 1.82) is 0 Å². The Balaban J connectivity index is 2.40. The molecule has 0 amide bonds. The van der Waals surface area contributed by atoms with E-state index in [0.717, 1.165) is 0 Å².